The molecule has 2 unspecified atom stereocenters. The van der Waals surface area contributed by atoms with Gasteiger partial charge in [0, 0.05) is 18.5 Å². The third-order valence-electron chi connectivity index (χ3n) is 3.00. The van der Waals surface area contributed by atoms with Crippen LogP contribution in [0.25, 0.3) is 0 Å². The molecule has 2 nitrogen and oxygen atoms in total. The van der Waals surface area contributed by atoms with Crippen LogP contribution in [0.1, 0.15) is 60.8 Å². The Morgan fingerprint density at radius 3 is 1.67 bits per heavy atom. The molecule has 2 atom stereocenters. The van der Waals surface area contributed by atoms with E-state index in [-0.39, 0.29) is 0 Å². The van der Waals surface area contributed by atoms with E-state index in [0.29, 0.717) is 30.3 Å². The first-order chi connectivity index (χ1) is 6.93. The van der Waals surface area contributed by atoms with Crippen molar-refractivity contribution < 1.29 is 4.79 Å². The minimum absolute atomic E-state index is 0.314. The van der Waals surface area contributed by atoms with Gasteiger partial charge in [-0.3, -0.25) is 4.79 Å². The fourth-order valence-electron chi connectivity index (χ4n) is 1.77. The largest absolute Gasteiger partial charge is 0.337 e. The highest BCUT2D eigenvalue weighted by Crippen LogP contribution is 2.15. The van der Waals surface area contributed by atoms with Gasteiger partial charge in [-0.15, -0.1) is 0 Å². The summed E-state index contributed by atoms with van der Waals surface area (Å²) in [6, 6.07) is 0.734. The summed E-state index contributed by atoms with van der Waals surface area (Å²) in [6.07, 6.45) is 2.75. The van der Waals surface area contributed by atoms with Gasteiger partial charge in [0.2, 0.25) is 5.91 Å². The first-order valence-electron chi connectivity index (χ1n) is 6.25. The zero-order valence-corrected chi connectivity index (χ0v) is 11.2. The molecule has 90 valence electrons. The number of carbonyl (C=O) groups excluding carboxylic acids is 1. The van der Waals surface area contributed by atoms with Gasteiger partial charge in [0.05, 0.1) is 0 Å². The number of nitrogens with zero attached hydrogens (tertiary/aromatic N) is 1. The molecule has 0 rings (SSSR count). The molecular formula is C13H27NO. The molecule has 0 heterocycles. The SMILES string of the molecule is CCC(C)N(C(=O)CC(C)C)C(C)CC. The lowest BCUT2D eigenvalue weighted by Crippen LogP contribution is -2.44. The Bertz CT molecular complexity index is 179. The van der Waals surface area contributed by atoms with Gasteiger partial charge in [-0.05, 0) is 32.6 Å². The van der Waals surface area contributed by atoms with Crippen LogP contribution in [0, 0.1) is 5.92 Å². The molecule has 0 fully saturated rings. The lowest BCUT2D eigenvalue weighted by molar-refractivity contribution is -0.136. The Kier molecular flexibility index (Phi) is 6.62. The van der Waals surface area contributed by atoms with Crippen molar-refractivity contribution in [3.63, 3.8) is 0 Å². The molecule has 0 aliphatic heterocycles. The molecule has 0 aromatic heterocycles. The molecule has 2 heteroatoms. The van der Waals surface area contributed by atoms with E-state index in [1.165, 1.54) is 0 Å². The van der Waals surface area contributed by atoms with Crippen molar-refractivity contribution >= 4 is 5.91 Å². The number of hydrogen-bond donors (Lipinski definition) is 0. The summed E-state index contributed by atoms with van der Waals surface area (Å²) in [5, 5.41) is 0. The molecule has 0 aromatic carbocycles. The van der Waals surface area contributed by atoms with Crippen molar-refractivity contribution in [1.82, 2.24) is 4.90 Å². The predicted octanol–water partition coefficient (Wildman–Crippen LogP) is 3.46. The van der Waals surface area contributed by atoms with Gasteiger partial charge in [-0.1, -0.05) is 27.7 Å². The standard InChI is InChI=1S/C13H27NO/c1-7-11(5)14(12(6)8-2)13(15)9-10(3)4/h10-12H,7-9H2,1-6H3. The van der Waals surface area contributed by atoms with Gasteiger partial charge in [-0.2, -0.15) is 0 Å². The Balaban J connectivity index is 4.54. The van der Waals surface area contributed by atoms with E-state index in [0.717, 1.165) is 12.8 Å². The van der Waals surface area contributed by atoms with Crippen molar-refractivity contribution in [2.75, 3.05) is 0 Å². The van der Waals surface area contributed by atoms with E-state index in [9.17, 15) is 4.79 Å². The summed E-state index contributed by atoms with van der Waals surface area (Å²) in [6.45, 7) is 12.8. The molecule has 0 N–H and O–H groups in total. The monoisotopic (exact) mass is 213 g/mol. The smallest absolute Gasteiger partial charge is 0.223 e. The maximum absolute atomic E-state index is 12.1. The molecular weight excluding hydrogens is 186 g/mol. The molecule has 0 aliphatic rings. The molecule has 1 amide bonds. The van der Waals surface area contributed by atoms with Crippen LogP contribution >= 0.6 is 0 Å². The summed E-state index contributed by atoms with van der Waals surface area (Å²) in [7, 11) is 0. The fourth-order valence-corrected chi connectivity index (χ4v) is 1.77. The first kappa shape index (κ1) is 14.5. The third-order valence-corrected chi connectivity index (χ3v) is 3.00. The van der Waals surface area contributed by atoms with E-state index in [2.05, 4.69) is 46.4 Å². The van der Waals surface area contributed by atoms with E-state index in [1.54, 1.807) is 0 Å². The highest BCUT2D eigenvalue weighted by molar-refractivity contribution is 5.77. The summed E-state index contributed by atoms with van der Waals surface area (Å²) in [4.78, 5) is 14.1. The number of amides is 1. The number of rotatable bonds is 6. The average Bonchev–Trinajstić information content (AvgIpc) is 2.16. The van der Waals surface area contributed by atoms with E-state index in [1.807, 2.05) is 0 Å². The van der Waals surface area contributed by atoms with E-state index in [4.69, 9.17) is 0 Å². The Morgan fingerprint density at radius 2 is 1.40 bits per heavy atom. The number of carbonyl (C=O) groups is 1. The Labute approximate surface area is 95.0 Å². The van der Waals surface area contributed by atoms with Gasteiger partial charge in [-0.25, -0.2) is 0 Å². The van der Waals surface area contributed by atoms with Crippen LogP contribution in [-0.2, 0) is 4.79 Å². The van der Waals surface area contributed by atoms with Crippen LogP contribution in [0.15, 0.2) is 0 Å². The number of hydrogen-bond acceptors (Lipinski definition) is 1. The highest BCUT2D eigenvalue weighted by atomic mass is 16.2. The zero-order valence-electron chi connectivity index (χ0n) is 11.2. The Hall–Kier alpha value is -0.530. The summed E-state index contributed by atoms with van der Waals surface area (Å²) in [5.74, 6) is 0.766. The van der Waals surface area contributed by atoms with Crippen LogP contribution in [0.5, 0.6) is 0 Å². The zero-order chi connectivity index (χ0) is 12.0. The molecule has 0 aliphatic carbocycles. The topological polar surface area (TPSA) is 20.3 Å². The molecule has 0 spiro atoms. The summed E-state index contributed by atoms with van der Waals surface area (Å²) in [5.41, 5.74) is 0. The van der Waals surface area contributed by atoms with Crippen LogP contribution in [0.4, 0.5) is 0 Å². The second-order valence-corrected chi connectivity index (χ2v) is 4.91. The van der Waals surface area contributed by atoms with Gasteiger partial charge in [0.15, 0.2) is 0 Å². The lowest BCUT2D eigenvalue weighted by atomic mass is 10.1. The van der Waals surface area contributed by atoms with Gasteiger partial charge < -0.3 is 4.90 Å². The minimum atomic E-state index is 0.314. The summed E-state index contributed by atoms with van der Waals surface area (Å²) >= 11 is 0. The first-order valence-corrected chi connectivity index (χ1v) is 6.25. The van der Waals surface area contributed by atoms with Gasteiger partial charge in [0.1, 0.15) is 0 Å². The maximum atomic E-state index is 12.1. The van der Waals surface area contributed by atoms with Crippen LogP contribution in [-0.4, -0.2) is 22.9 Å². The molecule has 0 saturated carbocycles. The molecule has 0 bridgehead atoms. The van der Waals surface area contributed by atoms with Crippen LogP contribution < -0.4 is 0 Å². The normalized spacial score (nSPS) is 15.1. The van der Waals surface area contributed by atoms with Crippen molar-refractivity contribution in [3.8, 4) is 0 Å². The molecule has 15 heavy (non-hydrogen) atoms. The van der Waals surface area contributed by atoms with Crippen LogP contribution in [0.2, 0.25) is 0 Å². The van der Waals surface area contributed by atoms with Gasteiger partial charge in [0.25, 0.3) is 0 Å². The summed E-state index contributed by atoms with van der Waals surface area (Å²) < 4.78 is 0. The van der Waals surface area contributed by atoms with Crippen molar-refractivity contribution in [3.05, 3.63) is 0 Å². The lowest BCUT2D eigenvalue weighted by Gasteiger charge is -2.34. The average molecular weight is 213 g/mol. The van der Waals surface area contributed by atoms with Crippen molar-refractivity contribution in [2.45, 2.75) is 72.9 Å². The van der Waals surface area contributed by atoms with Crippen molar-refractivity contribution in [2.24, 2.45) is 5.92 Å². The maximum Gasteiger partial charge on any atom is 0.223 e. The molecule has 0 saturated heterocycles. The van der Waals surface area contributed by atoms with E-state index >= 15 is 0 Å². The second kappa shape index (κ2) is 6.86. The third kappa shape index (κ3) is 4.67. The Morgan fingerprint density at radius 1 is 1.00 bits per heavy atom. The van der Waals surface area contributed by atoms with E-state index < -0.39 is 0 Å². The minimum Gasteiger partial charge on any atom is -0.337 e. The second-order valence-electron chi connectivity index (χ2n) is 4.91. The predicted molar refractivity (Wildman–Crippen MR) is 65.8 cm³/mol. The van der Waals surface area contributed by atoms with Crippen molar-refractivity contribution in [1.29, 1.82) is 0 Å². The quantitative estimate of drug-likeness (QED) is 0.661. The van der Waals surface area contributed by atoms with Gasteiger partial charge >= 0.3 is 0 Å². The fraction of sp³-hybridized carbons (Fsp3) is 0.923. The highest BCUT2D eigenvalue weighted by Gasteiger charge is 2.23. The van der Waals surface area contributed by atoms with Crippen LogP contribution in [0.3, 0.4) is 0 Å². The molecule has 0 aromatic rings. The molecule has 0 radical (unpaired) electrons.